The van der Waals surface area contributed by atoms with Crippen molar-refractivity contribution < 1.29 is 0 Å². The van der Waals surface area contributed by atoms with Gasteiger partial charge in [-0.15, -0.1) is 0 Å². The molecule has 0 radical (unpaired) electrons. The third-order valence-corrected chi connectivity index (χ3v) is 2.25. The van der Waals surface area contributed by atoms with E-state index in [9.17, 15) is 0 Å². The number of aromatic nitrogens is 4. The molecule has 0 bridgehead atoms. The monoisotopic (exact) mass is 191 g/mol. The molecule has 5 heteroatoms. The first-order valence-electron chi connectivity index (χ1n) is 4.54. The fraction of sp³-hybridized carbons (Fsp3) is 0.333. The van der Waals surface area contributed by atoms with E-state index in [-0.39, 0.29) is 0 Å². The van der Waals surface area contributed by atoms with E-state index in [0.717, 1.165) is 23.2 Å². The molecule has 0 aromatic carbocycles. The molecule has 0 fully saturated rings. The Morgan fingerprint density at radius 1 is 1.57 bits per heavy atom. The van der Waals surface area contributed by atoms with Crippen LogP contribution in [0.2, 0.25) is 0 Å². The van der Waals surface area contributed by atoms with Crippen LogP contribution < -0.4 is 5.73 Å². The number of nitrogen functional groups attached to an aromatic ring is 1. The summed E-state index contributed by atoms with van der Waals surface area (Å²) >= 11 is 0. The molecule has 2 heterocycles. The average Bonchev–Trinajstić information content (AvgIpc) is 2.71. The van der Waals surface area contributed by atoms with Crippen LogP contribution in [0.5, 0.6) is 0 Å². The lowest BCUT2D eigenvalue weighted by molar-refractivity contribution is 0.768. The summed E-state index contributed by atoms with van der Waals surface area (Å²) in [6, 6.07) is 0. The van der Waals surface area contributed by atoms with Crippen LogP contribution in [-0.4, -0.2) is 20.0 Å². The minimum absolute atomic E-state index is 0.575. The van der Waals surface area contributed by atoms with Gasteiger partial charge in [-0.05, 0) is 6.42 Å². The Hall–Kier alpha value is -1.78. The van der Waals surface area contributed by atoms with Gasteiger partial charge in [-0.2, -0.15) is 10.2 Å². The van der Waals surface area contributed by atoms with Crippen LogP contribution in [0.4, 0.5) is 5.82 Å². The van der Waals surface area contributed by atoms with E-state index in [1.807, 2.05) is 13.2 Å². The van der Waals surface area contributed by atoms with Crippen LogP contribution in [-0.2, 0) is 13.5 Å². The van der Waals surface area contributed by atoms with Crippen molar-refractivity contribution >= 4 is 5.82 Å². The van der Waals surface area contributed by atoms with Crippen LogP contribution in [0.15, 0.2) is 12.4 Å². The second-order valence-electron chi connectivity index (χ2n) is 3.22. The van der Waals surface area contributed by atoms with E-state index in [1.165, 1.54) is 0 Å². The minimum atomic E-state index is 0.575. The summed E-state index contributed by atoms with van der Waals surface area (Å²) in [5, 5.41) is 11.0. The molecule has 0 aliphatic rings. The molecule has 14 heavy (non-hydrogen) atoms. The third-order valence-electron chi connectivity index (χ3n) is 2.25. The summed E-state index contributed by atoms with van der Waals surface area (Å²) in [7, 11) is 1.88. The number of nitrogens with one attached hydrogen (secondary N) is 1. The van der Waals surface area contributed by atoms with Crippen molar-refractivity contribution in [3.63, 3.8) is 0 Å². The number of rotatable bonds is 2. The van der Waals surface area contributed by atoms with Gasteiger partial charge in [-0.3, -0.25) is 9.78 Å². The van der Waals surface area contributed by atoms with Gasteiger partial charge in [0.1, 0.15) is 5.82 Å². The van der Waals surface area contributed by atoms with Gasteiger partial charge in [0, 0.05) is 24.4 Å². The highest BCUT2D eigenvalue weighted by atomic mass is 15.2. The molecular weight excluding hydrogens is 178 g/mol. The van der Waals surface area contributed by atoms with Gasteiger partial charge < -0.3 is 5.73 Å². The summed E-state index contributed by atoms with van der Waals surface area (Å²) in [5.41, 5.74) is 8.77. The summed E-state index contributed by atoms with van der Waals surface area (Å²) < 4.78 is 1.76. The Balaban J connectivity index is 2.51. The topological polar surface area (TPSA) is 72.5 Å². The van der Waals surface area contributed by atoms with Gasteiger partial charge in [0.05, 0.1) is 11.9 Å². The molecule has 5 nitrogen and oxygen atoms in total. The number of aryl methyl sites for hydroxylation is 1. The summed E-state index contributed by atoms with van der Waals surface area (Å²) in [6.07, 6.45) is 4.60. The Kier molecular flexibility index (Phi) is 1.99. The van der Waals surface area contributed by atoms with Gasteiger partial charge in [0.2, 0.25) is 0 Å². The molecule has 0 atom stereocenters. The molecule has 0 saturated heterocycles. The molecule has 0 saturated carbocycles. The van der Waals surface area contributed by atoms with E-state index in [4.69, 9.17) is 5.73 Å². The van der Waals surface area contributed by atoms with Gasteiger partial charge in [-0.1, -0.05) is 6.92 Å². The number of hydrogen-bond acceptors (Lipinski definition) is 3. The van der Waals surface area contributed by atoms with Crippen LogP contribution >= 0.6 is 0 Å². The first-order valence-corrected chi connectivity index (χ1v) is 4.54. The first kappa shape index (κ1) is 8.80. The molecule has 2 aromatic heterocycles. The maximum Gasteiger partial charge on any atom is 0.149 e. The predicted molar refractivity (Wildman–Crippen MR) is 54.6 cm³/mol. The number of anilines is 1. The molecule has 2 aromatic rings. The maximum absolute atomic E-state index is 5.73. The Labute approximate surface area is 81.9 Å². The van der Waals surface area contributed by atoms with Crippen molar-refractivity contribution in [2.24, 2.45) is 7.05 Å². The lowest BCUT2D eigenvalue weighted by Gasteiger charge is -1.96. The third kappa shape index (κ3) is 1.26. The van der Waals surface area contributed by atoms with Crippen LogP contribution in [0.3, 0.4) is 0 Å². The molecule has 0 aliphatic carbocycles. The van der Waals surface area contributed by atoms with Gasteiger partial charge >= 0.3 is 0 Å². The second-order valence-corrected chi connectivity index (χ2v) is 3.22. The molecular formula is C9H13N5. The number of aromatic amines is 1. The quantitative estimate of drug-likeness (QED) is 0.742. The Bertz CT molecular complexity index is 440. The maximum atomic E-state index is 5.73. The smallest absolute Gasteiger partial charge is 0.149 e. The molecule has 2 rings (SSSR count). The van der Waals surface area contributed by atoms with Gasteiger partial charge in [-0.25, -0.2) is 0 Å². The van der Waals surface area contributed by atoms with Crippen LogP contribution in [0.25, 0.3) is 11.3 Å². The second kappa shape index (κ2) is 3.17. The van der Waals surface area contributed by atoms with Crippen LogP contribution in [0, 0.1) is 0 Å². The SMILES string of the molecule is CCc1c(N)n[nH]c1-c1cnn(C)c1. The fourth-order valence-electron chi connectivity index (χ4n) is 1.53. The van der Waals surface area contributed by atoms with Gasteiger partial charge in [0.25, 0.3) is 0 Å². The van der Waals surface area contributed by atoms with Gasteiger partial charge in [0.15, 0.2) is 0 Å². The zero-order valence-electron chi connectivity index (χ0n) is 8.28. The van der Waals surface area contributed by atoms with E-state index in [2.05, 4.69) is 22.2 Å². The van der Waals surface area contributed by atoms with Crippen molar-refractivity contribution in [3.8, 4) is 11.3 Å². The van der Waals surface area contributed by atoms with Crippen molar-refractivity contribution in [1.29, 1.82) is 0 Å². The van der Waals surface area contributed by atoms with Crippen LogP contribution in [0.1, 0.15) is 12.5 Å². The lowest BCUT2D eigenvalue weighted by Crippen LogP contribution is -1.90. The number of nitrogens with two attached hydrogens (primary N) is 1. The summed E-state index contributed by atoms with van der Waals surface area (Å²) in [6.45, 7) is 2.06. The van der Waals surface area contributed by atoms with Crippen molar-refractivity contribution in [2.45, 2.75) is 13.3 Å². The zero-order chi connectivity index (χ0) is 10.1. The Morgan fingerprint density at radius 2 is 2.36 bits per heavy atom. The molecule has 74 valence electrons. The van der Waals surface area contributed by atoms with E-state index >= 15 is 0 Å². The zero-order valence-corrected chi connectivity index (χ0v) is 8.28. The number of hydrogen-bond donors (Lipinski definition) is 2. The predicted octanol–water partition coefficient (Wildman–Crippen LogP) is 0.955. The van der Waals surface area contributed by atoms with Crippen molar-refractivity contribution in [1.82, 2.24) is 20.0 Å². The normalized spacial score (nSPS) is 10.7. The molecule has 0 spiro atoms. The summed E-state index contributed by atoms with van der Waals surface area (Å²) in [4.78, 5) is 0. The highest BCUT2D eigenvalue weighted by Crippen LogP contribution is 2.24. The van der Waals surface area contributed by atoms with E-state index in [1.54, 1.807) is 10.9 Å². The largest absolute Gasteiger partial charge is 0.382 e. The highest BCUT2D eigenvalue weighted by molar-refractivity contribution is 5.66. The van der Waals surface area contributed by atoms with E-state index in [0.29, 0.717) is 5.82 Å². The summed E-state index contributed by atoms with van der Waals surface area (Å²) in [5.74, 6) is 0.575. The lowest BCUT2D eigenvalue weighted by atomic mass is 10.1. The van der Waals surface area contributed by atoms with E-state index < -0.39 is 0 Å². The minimum Gasteiger partial charge on any atom is -0.382 e. The van der Waals surface area contributed by atoms with Crippen molar-refractivity contribution in [3.05, 3.63) is 18.0 Å². The molecule has 3 N–H and O–H groups in total. The molecule has 0 aliphatic heterocycles. The standard InChI is InChI=1S/C9H13N5/c1-3-7-8(12-13-9(7)10)6-4-11-14(2)5-6/h4-5H,3H2,1-2H3,(H3,10,12,13). The van der Waals surface area contributed by atoms with Crippen molar-refractivity contribution in [2.75, 3.05) is 5.73 Å². The average molecular weight is 191 g/mol. The first-order chi connectivity index (χ1) is 6.72. The number of H-pyrrole nitrogens is 1. The molecule has 0 amide bonds. The number of nitrogens with zero attached hydrogens (tertiary/aromatic N) is 3. The Morgan fingerprint density at radius 3 is 2.93 bits per heavy atom. The fourth-order valence-corrected chi connectivity index (χ4v) is 1.53. The molecule has 0 unspecified atom stereocenters. The highest BCUT2D eigenvalue weighted by Gasteiger charge is 2.11.